The van der Waals surface area contributed by atoms with E-state index in [1.807, 2.05) is 23.1 Å². The van der Waals surface area contributed by atoms with Gasteiger partial charge in [0.25, 0.3) is 0 Å². The van der Waals surface area contributed by atoms with Crippen LogP contribution >= 0.6 is 0 Å². The number of nitrogens with zero attached hydrogens (tertiary/aromatic N) is 2. The molecule has 0 saturated carbocycles. The smallest absolute Gasteiger partial charge is 0.241 e. The molecule has 1 N–H and O–H groups in total. The number of carbonyl (C=O) groups excluding carboxylic acids is 1. The van der Waals surface area contributed by atoms with Crippen LogP contribution in [-0.2, 0) is 11.2 Å². The van der Waals surface area contributed by atoms with Crippen molar-refractivity contribution in [3.63, 3.8) is 0 Å². The number of benzene rings is 1. The first-order valence-electron chi connectivity index (χ1n) is 6.99. The second-order valence-electron chi connectivity index (χ2n) is 5.52. The zero-order valence-corrected chi connectivity index (χ0v) is 11.1. The Bertz CT molecular complexity index is 469. The van der Waals surface area contributed by atoms with Gasteiger partial charge in [0.1, 0.15) is 0 Å². The number of hydrogen-bond acceptors (Lipinski definition) is 3. The summed E-state index contributed by atoms with van der Waals surface area (Å²) in [5, 5.41) is 8.99. The number of rotatable bonds is 3. The van der Waals surface area contributed by atoms with Gasteiger partial charge in [-0.05, 0) is 24.5 Å². The van der Waals surface area contributed by atoms with E-state index >= 15 is 0 Å². The van der Waals surface area contributed by atoms with Gasteiger partial charge in [-0.1, -0.05) is 18.2 Å². The average Bonchev–Trinajstić information content (AvgIpc) is 2.41. The molecule has 0 aromatic heterocycles. The van der Waals surface area contributed by atoms with Gasteiger partial charge in [-0.3, -0.25) is 9.69 Å². The van der Waals surface area contributed by atoms with Crippen molar-refractivity contribution in [2.75, 3.05) is 37.7 Å². The summed E-state index contributed by atoms with van der Waals surface area (Å²) in [7, 11) is 0. The van der Waals surface area contributed by atoms with E-state index in [2.05, 4.69) is 11.0 Å². The van der Waals surface area contributed by atoms with Crippen LogP contribution in [0.1, 0.15) is 12.0 Å². The van der Waals surface area contributed by atoms with Crippen LogP contribution in [0.2, 0.25) is 0 Å². The predicted octanol–water partition coefficient (Wildman–Crippen LogP) is 0.890. The molecule has 3 rings (SSSR count). The molecule has 0 atom stereocenters. The third-order valence-electron chi connectivity index (χ3n) is 4.06. The molecular weight excluding hydrogens is 240 g/mol. The summed E-state index contributed by atoms with van der Waals surface area (Å²) >= 11 is 0. The molecule has 1 fully saturated rings. The molecule has 0 aliphatic carbocycles. The summed E-state index contributed by atoms with van der Waals surface area (Å²) < 4.78 is 0. The molecule has 2 aliphatic rings. The first-order chi connectivity index (χ1) is 9.28. The first kappa shape index (κ1) is 12.6. The second kappa shape index (κ2) is 5.31. The predicted molar refractivity (Wildman–Crippen MR) is 74.1 cm³/mol. The largest absolute Gasteiger partial charge is 0.396 e. The molecule has 4 nitrogen and oxygen atoms in total. The maximum Gasteiger partial charge on any atom is 0.241 e. The van der Waals surface area contributed by atoms with Gasteiger partial charge in [0.15, 0.2) is 0 Å². The van der Waals surface area contributed by atoms with Crippen LogP contribution in [0.5, 0.6) is 0 Å². The zero-order chi connectivity index (χ0) is 13.2. The number of aliphatic hydroxyl groups excluding tert-OH is 1. The van der Waals surface area contributed by atoms with E-state index < -0.39 is 0 Å². The number of carbonyl (C=O) groups is 1. The van der Waals surface area contributed by atoms with Crippen LogP contribution in [0, 0.1) is 5.92 Å². The molecule has 0 radical (unpaired) electrons. The molecular formula is C15H20N2O2. The summed E-state index contributed by atoms with van der Waals surface area (Å²) in [5.41, 5.74) is 2.36. The van der Waals surface area contributed by atoms with Crippen LogP contribution in [-0.4, -0.2) is 48.7 Å². The molecule has 1 aromatic rings. The van der Waals surface area contributed by atoms with E-state index in [-0.39, 0.29) is 12.5 Å². The Morgan fingerprint density at radius 3 is 2.89 bits per heavy atom. The maximum absolute atomic E-state index is 12.4. The third kappa shape index (κ3) is 2.51. The van der Waals surface area contributed by atoms with E-state index in [1.165, 1.54) is 5.56 Å². The molecule has 0 bridgehead atoms. The standard InChI is InChI=1S/C15H20N2O2/c18-11-12-8-16(9-12)10-15(19)17-7-3-5-13-4-1-2-6-14(13)17/h1-2,4,6,12,18H,3,5,7-11H2. The highest BCUT2D eigenvalue weighted by Crippen LogP contribution is 2.27. The van der Waals surface area contributed by atoms with E-state index in [9.17, 15) is 4.79 Å². The fraction of sp³-hybridized carbons (Fsp3) is 0.533. The lowest BCUT2D eigenvalue weighted by atomic mass is 10.00. The molecule has 4 heteroatoms. The number of aliphatic hydroxyl groups is 1. The van der Waals surface area contributed by atoms with Gasteiger partial charge in [-0.2, -0.15) is 0 Å². The van der Waals surface area contributed by atoms with E-state index in [4.69, 9.17) is 5.11 Å². The van der Waals surface area contributed by atoms with Crippen molar-refractivity contribution < 1.29 is 9.90 Å². The minimum atomic E-state index is 0.184. The summed E-state index contributed by atoms with van der Waals surface area (Å²) in [6.07, 6.45) is 2.11. The molecule has 2 aliphatic heterocycles. The Balaban J connectivity index is 1.65. The average molecular weight is 260 g/mol. The Hall–Kier alpha value is -1.39. The van der Waals surface area contributed by atoms with Gasteiger partial charge in [0, 0.05) is 37.8 Å². The topological polar surface area (TPSA) is 43.8 Å². The van der Waals surface area contributed by atoms with Crippen molar-refractivity contribution in [2.24, 2.45) is 5.92 Å². The monoisotopic (exact) mass is 260 g/mol. The highest BCUT2D eigenvalue weighted by atomic mass is 16.3. The lowest BCUT2D eigenvalue weighted by Gasteiger charge is -2.39. The lowest BCUT2D eigenvalue weighted by Crippen LogP contribution is -2.53. The van der Waals surface area contributed by atoms with Gasteiger partial charge in [-0.15, -0.1) is 0 Å². The zero-order valence-electron chi connectivity index (χ0n) is 11.1. The van der Waals surface area contributed by atoms with Gasteiger partial charge >= 0.3 is 0 Å². The van der Waals surface area contributed by atoms with Crippen molar-refractivity contribution in [1.82, 2.24) is 4.90 Å². The molecule has 0 spiro atoms. The summed E-state index contributed by atoms with van der Waals surface area (Å²) in [4.78, 5) is 16.4. The Labute approximate surface area is 113 Å². The second-order valence-corrected chi connectivity index (χ2v) is 5.52. The SMILES string of the molecule is O=C(CN1CC(CO)C1)N1CCCc2ccccc21. The number of fused-ring (bicyclic) bond motifs is 1. The number of likely N-dealkylation sites (tertiary alicyclic amines) is 1. The minimum Gasteiger partial charge on any atom is -0.396 e. The molecule has 0 unspecified atom stereocenters. The molecule has 1 aromatic carbocycles. The van der Waals surface area contributed by atoms with Crippen LogP contribution < -0.4 is 4.90 Å². The van der Waals surface area contributed by atoms with Gasteiger partial charge in [0.2, 0.25) is 5.91 Å². The highest BCUT2D eigenvalue weighted by molar-refractivity contribution is 5.96. The van der Waals surface area contributed by atoms with Crippen LogP contribution in [0.25, 0.3) is 0 Å². The van der Waals surface area contributed by atoms with Gasteiger partial charge in [-0.25, -0.2) is 0 Å². The molecule has 1 amide bonds. The third-order valence-corrected chi connectivity index (χ3v) is 4.06. The maximum atomic E-state index is 12.4. The first-order valence-corrected chi connectivity index (χ1v) is 6.99. The fourth-order valence-corrected chi connectivity index (χ4v) is 2.99. The molecule has 19 heavy (non-hydrogen) atoms. The summed E-state index contributed by atoms with van der Waals surface area (Å²) in [5.74, 6) is 0.546. The number of aryl methyl sites for hydroxylation is 1. The summed E-state index contributed by atoms with van der Waals surface area (Å²) in [6, 6.07) is 8.18. The van der Waals surface area contributed by atoms with Crippen LogP contribution in [0.4, 0.5) is 5.69 Å². The minimum absolute atomic E-state index is 0.184. The lowest BCUT2D eigenvalue weighted by molar-refractivity contribution is -0.121. The van der Waals surface area contributed by atoms with Crippen LogP contribution in [0.3, 0.4) is 0 Å². The summed E-state index contributed by atoms with van der Waals surface area (Å²) in [6.45, 7) is 3.23. The van der Waals surface area contributed by atoms with E-state index in [0.29, 0.717) is 12.5 Å². The molecule has 1 saturated heterocycles. The Morgan fingerprint density at radius 1 is 1.32 bits per heavy atom. The van der Waals surface area contributed by atoms with Crippen molar-refractivity contribution in [1.29, 1.82) is 0 Å². The number of para-hydroxylation sites is 1. The van der Waals surface area contributed by atoms with Crippen molar-refractivity contribution in [3.8, 4) is 0 Å². The molecule has 2 heterocycles. The van der Waals surface area contributed by atoms with E-state index in [1.54, 1.807) is 0 Å². The molecule has 102 valence electrons. The van der Waals surface area contributed by atoms with Crippen molar-refractivity contribution in [2.45, 2.75) is 12.8 Å². The van der Waals surface area contributed by atoms with Gasteiger partial charge in [0.05, 0.1) is 6.54 Å². The van der Waals surface area contributed by atoms with Crippen LogP contribution in [0.15, 0.2) is 24.3 Å². The van der Waals surface area contributed by atoms with E-state index in [0.717, 1.165) is 38.2 Å². The fourth-order valence-electron chi connectivity index (χ4n) is 2.99. The normalized spacial score (nSPS) is 19.9. The number of anilines is 1. The highest BCUT2D eigenvalue weighted by Gasteiger charge is 2.30. The van der Waals surface area contributed by atoms with Crippen molar-refractivity contribution >= 4 is 11.6 Å². The Kier molecular flexibility index (Phi) is 3.53. The Morgan fingerprint density at radius 2 is 2.11 bits per heavy atom. The van der Waals surface area contributed by atoms with Crippen molar-refractivity contribution in [3.05, 3.63) is 29.8 Å². The quantitative estimate of drug-likeness (QED) is 0.878. The number of hydrogen-bond donors (Lipinski definition) is 1. The number of amides is 1. The van der Waals surface area contributed by atoms with Gasteiger partial charge < -0.3 is 10.0 Å².